The SMILES string of the molecule is CC(=O)N1CCc2nc(C)nc(NCCn3ccnc3C)c2CC1. The highest BCUT2D eigenvalue weighted by Crippen LogP contribution is 2.21. The number of hydrogen-bond donors (Lipinski definition) is 1. The lowest BCUT2D eigenvalue weighted by molar-refractivity contribution is -0.128. The summed E-state index contributed by atoms with van der Waals surface area (Å²) >= 11 is 0. The van der Waals surface area contributed by atoms with Crippen LogP contribution < -0.4 is 5.32 Å². The molecule has 0 aromatic carbocycles. The summed E-state index contributed by atoms with van der Waals surface area (Å²) in [6.45, 7) is 8.60. The van der Waals surface area contributed by atoms with Crippen LogP contribution in [0.5, 0.6) is 0 Å². The van der Waals surface area contributed by atoms with Gasteiger partial charge in [-0.2, -0.15) is 0 Å². The summed E-state index contributed by atoms with van der Waals surface area (Å²) in [6, 6.07) is 0. The molecule has 0 saturated heterocycles. The normalized spacial score (nSPS) is 14.2. The number of amides is 1. The molecule has 0 saturated carbocycles. The van der Waals surface area contributed by atoms with Crippen molar-refractivity contribution in [1.29, 1.82) is 0 Å². The summed E-state index contributed by atoms with van der Waals surface area (Å²) < 4.78 is 2.11. The molecular weight excluding hydrogens is 304 g/mol. The molecule has 1 N–H and O–H groups in total. The quantitative estimate of drug-likeness (QED) is 0.917. The molecule has 0 radical (unpaired) electrons. The topological polar surface area (TPSA) is 75.9 Å². The van der Waals surface area contributed by atoms with Crippen LogP contribution in [0.25, 0.3) is 0 Å². The van der Waals surface area contributed by atoms with E-state index in [0.717, 1.165) is 67.7 Å². The van der Waals surface area contributed by atoms with Gasteiger partial charge in [0.15, 0.2) is 0 Å². The van der Waals surface area contributed by atoms with E-state index in [-0.39, 0.29) is 5.91 Å². The van der Waals surface area contributed by atoms with Crippen LogP contribution in [0.1, 0.15) is 29.8 Å². The first-order valence-electron chi connectivity index (χ1n) is 8.38. The number of anilines is 1. The molecule has 0 fully saturated rings. The van der Waals surface area contributed by atoms with Gasteiger partial charge in [-0.3, -0.25) is 4.79 Å². The minimum atomic E-state index is 0.123. The lowest BCUT2D eigenvalue weighted by Crippen LogP contribution is -2.31. The zero-order valence-corrected chi connectivity index (χ0v) is 14.5. The van der Waals surface area contributed by atoms with Crippen molar-refractivity contribution in [3.8, 4) is 0 Å². The Labute approximate surface area is 142 Å². The standard InChI is InChI=1S/C17H24N6O/c1-12-20-16-5-9-23(14(3)24)8-4-15(16)17(21-12)19-7-11-22-10-6-18-13(22)2/h6,10H,4-5,7-9,11H2,1-3H3,(H,19,20,21). The Hall–Kier alpha value is -2.44. The van der Waals surface area contributed by atoms with Crippen molar-refractivity contribution in [2.45, 2.75) is 40.2 Å². The molecule has 128 valence electrons. The molecule has 0 bridgehead atoms. The zero-order valence-electron chi connectivity index (χ0n) is 14.5. The van der Waals surface area contributed by atoms with Gasteiger partial charge in [-0.15, -0.1) is 0 Å². The molecule has 0 unspecified atom stereocenters. The van der Waals surface area contributed by atoms with Crippen molar-refractivity contribution in [3.63, 3.8) is 0 Å². The molecule has 1 aliphatic heterocycles. The summed E-state index contributed by atoms with van der Waals surface area (Å²) in [5, 5.41) is 3.45. The van der Waals surface area contributed by atoms with Crippen LogP contribution in [-0.2, 0) is 24.2 Å². The first kappa shape index (κ1) is 16.4. The lowest BCUT2D eigenvalue weighted by atomic mass is 10.1. The van der Waals surface area contributed by atoms with Crippen molar-refractivity contribution < 1.29 is 4.79 Å². The van der Waals surface area contributed by atoms with Crippen LogP contribution in [0.3, 0.4) is 0 Å². The molecule has 2 aromatic rings. The third-order valence-corrected chi connectivity index (χ3v) is 4.47. The molecule has 7 nitrogen and oxygen atoms in total. The third kappa shape index (κ3) is 3.55. The number of hydrogen-bond acceptors (Lipinski definition) is 5. The average Bonchev–Trinajstić information content (AvgIpc) is 2.81. The van der Waals surface area contributed by atoms with Gasteiger partial charge in [-0.1, -0.05) is 0 Å². The molecule has 2 aromatic heterocycles. The molecule has 0 atom stereocenters. The van der Waals surface area contributed by atoms with E-state index < -0.39 is 0 Å². The Balaban J connectivity index is 1.73. The molecule has 0 spiro atoms. The molecule has 3 heterocycles. The van der Waals surface area contributed by atoms with Gasteiger partial charge in [0, 0.05) is 57.5 Å². The smallest absolute Gasteiger partial charge is 0.219 e. The molecular formula is C17H24N6O. The van der Waals surface area contributed by atoms with Crippen LogP contribution in [0.4, 0.5) is 5.82 Å². The summed E-state index contributed by atoms with van der Waals surface area (Å²) in [7, 11) is 0. The fourth-order valence-electron chi connectivity index (χ4n) is 3.12. The maximum Gasteiger partial charge on any atom is 0.219 e. The Kier molecular flexibility index (Phi) is 4.78. The number of carbonyl (C=O) groups excluding carboxylic acids is 1. The predicted molar refractivity (Wildman–Crippen MR) is 91.9 cm³/mol. The number of rotatable bonds is 4. The minimum Gasteiger partial charge on any atom is -0.368 e. The van der Waals surface area contributed by atoms with E-state index in [9.17, 15) is 4.79 Å². The highest BCUT2D eigenvalue weighted by molar-refractivity contribution is 5.73. The molecule has 7 heteroatoms. The Morgan fingerprint density at radius 2 is 2.04 bits per heavy atom. The van der Waals surface area contributed by atoms with Gasteiger partial charge in [0.25, 0.3) is 0 Å². The molecule has 1 amide bonds. The first-order valence-corrected chi connectivity index (χ1v) is 8.38. The number of nitrogens with zero attached hydrogens (tertiary/aromatic N) is 5. The Morgan fingerprint density at radius 1 is 1.25 bits per heavy atom. The van der Waals surface area contributed by atoms with Gasteiger partial charge in [-0.05, 0) is 20.3 Å². The number of fused-ring (bicyclic) bond motifs is 1. The number of imidazole rings is 1. The van der Waals surface area contributed by atoms with Crippen LogP contribution >= 0.6 is 0 Å². The van der Waals surface area contributed by atoms with E-state index in [4.69, 9.17) is 0 Å². The minimum absolute atomic E-state index is 0.123. The molecule has 24 heavy (non-hydrogen) atoms. The van der Waals surface area contributed by atoms with E-state index in [0.29, 0.717) is 0 Å². The van der Waals surface area contributed by atoms with Crippen LogP contribution in [0.2, 0.25) is 0 Å². The van der Waals surface area contributed by atoms with Gasteiger partial charge in [-0.25, -0.2) is 15.0 Å². The van der Waals surface area contributed by atoms with Crippen molar-refractivity contribution in [2.24, 2.45) is 0 Å². The van der Waals surface area contributed by atoms with Crippen LogP contribution in [0, 0.1) is 13.8 Å². The zero-order chi connectivity index (χ0) is 17.1. The van der Waals surface area contributed by atoms with Gasteiger partial charge < -0.3 is 14.8 Å². The van der Waals surface area contributed by atoms with Crippen LogP contribution in [-0.4, -0.2) is 50.0 Å². The summed E-state index contributed by atoms with van der Waals surface area (Å²) in [4.78, 5) is 27.0. The molecule has 1 aliphatic rings. The highest BCUT2D eigenvalue weighted by atomic mass is 16.2. The van der Waals surface area contributed by atoms with Gasteiger partial charge in [0.1, 0.15) is 17.5 Å². The second-order valence-electron chi connectivity index (χ2n) is 6.15. The number of nitrogens with one attached hydrogen (secondary N) is 1. The maximum atomic E-state index is 11.7. The van der Waals surface area contributed by atoms with E-state index in [1.807, 2.05) is 31.1 Å². The van der Waals surface area contributed by atoms with Crippen LogP contribution in [0.15, 0.2) is 12.4 Å². The van der Waals surface area contributed by atoms with Crippen molar-refractivity contribution in [2.75, 3.05) is 25.0 Å². The van der Waals surface area contributed by atoms with Crippen molar-refractivity contribution in [3.05, 3.63) is 35.3 Å². The number of carbonyl (C=O) groups is 1. The van der Waals surface area contributed by atoms with Crippen molar-refractivity contribution >= 4 is 11.7 Å². The van der Waals surface area contributed by atoms with E-state index >= 15 is 0 Å². The van der Waals surface area contributed by atoms with E-state index in [2.05, 4.69) is 24.8 Å². The fraction of sp³-hybridized carbons (Fsp3) is 0.529. The molecule has 3 rings (SSSR count). The highest BCUT2D eigenvalue weighted by Gasteiger charge is 2.20. The second-order valence-corrected chi connectivity index (χ2v) is 6.15. The monoisotopic (exact) mass is 328 g/mol. The van der Waals surface area contributed by atoms with E-state index in [1.54, 1.807) is 6.92 Å². The van der Waals surface area contributed by atoms with Gasteiger partial charge >= 0.3 is 0 Å². The third-order valence-electron chi connectivity index (χ3n) is 4.47. The van der Waals surface area contributed by atoms with E-state index in [1.165, 1.54) is 0 Å². The number of aryl methyl sites for hydroxylation is 2. The van der Waals surface area contributed by atoms with Crippen molar-refractivity contribution in [1.82, 2.24) is 24.4 Å². The average molecular weight is 328 g/mol. The largest absolute Gasteiger partial charge is 0.368 e. The fourth-order valence-corrected chi connectivity index (χ4v) is 3.12. The molecule has 0 aliphatic carbocycles. The summed E-state index contributed by atoms with van der Waals surface area (Å²) in [5.74, 6) is 2.80. The second kappa shape index (κ2) is 6.98. The first-order chi connectivity index (χ1) is 11.5. The lowest BCUT2D eigenvalue weighted by Gasteiger charge is -2.17. The van der Waals surface area contributed by atoms with Gasteiger partial charge in [0.05, 0.1) is 5.69 Å². The number of aromatic nitrogens is 4. The maximum absolute atomic E-state index is 11.7. The Morgan fingerprint density at radius 3 is 2.75 bits per heavy atom. The predicted octanol–water partition coefficient (Wildman–Crippen LogP) is 1.35. The summed E-state index contributed by atoms with van der Waals surface area (Å²) in [6.07, 6.45) is 5.37. The summed E-state index contributed by atoms with van der Waals surface area (Å²) in [5.41, 5.74) is 2.21. The Bertz CT molecular complexity index is 739. The van der Waals surface area contributed by atoms with Gasteiger partial charge in [0.2, 0.25) is 5.91 Å².